The van der Waals surface area contributed by atoms with Gasteiger partial charge in [-0.15, -0.1) is 0 Å². The monoisotopic (exact) mass is 264 g/mol. The third kappa shape index (κ3) is 2.29. The summed E-state index contributed by atoms with van der Waals surface area (Å²) in [7, 11) is 1.93. The van der Waals surface area contributed by atoms with Crippen LogP contribution in [0.5, 0.6) is 0 Å². The molecular formula is C13H20N4O2. The van der Waals surface area contributed by atoms with E-state index in [0.29, 0.717) is 19.0 Å². The van der Waals surface area contributed by atoms with Crippen molar-refractivity contribution >= 4 is 16.9 Å². The summed E-state index contributed by atoms with van der Waals surface area (Å²) < 4.78 is 13.3. The highest BCUT2D eigenvalue weighted by Crippen LogP contribution is 2.32. The van der Waals surface area contributed by atoms with E-state index in [1.54, 1.807) is 0 Å². The fourth-order valence-electron chi connectivity index (χ4n) is 2.34. The second kappa shape index (κ2) is 5.54. The molecule has 0 aliphatic heterocycles. The predicted octanol–water partition coefficient (Wildman–Crippen LogP) is 1.93. The molecule has 0 saturated carbocycles. The molecule has 0 bridgehead atoms. The van der Waals surface area contributed by atoms with Crippen molar-refractivity contribution < 1.29 is 9.47 Å². The van der Waals surface area contributed by atoms with Crippen molar-refractivity contribution in [2.45, 2.75) is 27.1 Å². The lowest BCUT2D eigenvalue weighted by atomic mass is 10.2. The third-order valence-electron chi connectivity index (χ3n) is 3.15. The van der Waals surface area contributed by atoms with Gasteiger partial charge in [-0.2, -0.15) is 0 Å². The fourth-order valence-corrected chi connectivity index (χ4v) is 2.34. The van der Waals surface area contributed by atoms with Gasteiger partial charge in [0.2, 0.25) is 0 Å². The van der Waals surface area contributed by atoms with E-state index in [4.69, 9.17) is 15.2 Å². The van der Waals surface area contributed by atoms with Crippen LogP contribution < -0.4 is 5.73 Å². The predicted molar refractivity (Wildman–Crippen MR) is 73.7 cm³/mol. The molecule has 0 fully saturated rings. The Morgan fingerprint density at radius 2 is 1.89 bits per heavy atom. The minimum absolute atomic E-state index is 0.409. The summed E-state index contributed by atoms with van der Waals surface area (Å²) in [5.41, 5.74) is 8.68. The topological polar surface area (TPSA) is 75.2 Å². The Morgan fingerprint density at radius 3 is 2.42 bits per heavy atom. The summed E-state index contributed by atoms with van der Waals surface area (Å²) >= 11 is 0. The Kier molecular flexibility index (Phi) is 4.01. The van der Waals surface area contributed by atoms with Crippen molar-refractivity contribution in [3.63, 3.8) is 0 Å². The number of nitrogen functional groups attached to an aromatic ring is 1. The standard InChI is InChI=1S/C13H20N4O2/c1-5-18-13(19-6-2)10-8(3)9-11(14)15-7-16-12(9)17(10)4/h7,13H,5-6H2,1-4H3,(H2,14,15,16). The third-order valence-corrected chi connectivity index (χ3v) is 3.15. The van der Waals surface area contributed by atoms with Crippen molar-refractivity contribution in [3.05, 3.63) is 17.6 Å². The molecule has 2 rings (SSSR count). The van der Waals surface area contributed by atoms with Crippen molar-refractivity contribution in [2.24, 2.45) is 7.05 Å². The molecule has 19 heavy (non-hydrogen) atoms. The smallest absolute Gasteiger partial charge is 0.199 e. The molecule has 0 unspecified atom stereocenters. The molecule has 6 heteroatoms. The number of hydrogen-bond acceptors (Lipinski definition) is 5. The van der Waals surface area contributed by atoms with Gasteiger partial charge in [0, 0.05) is 20.3 Å². The van der Waals surface area contributed by atoms with E-state index in [1.165, 1.54) is 6.33 Å². The molecule has 2 aromatic rings. The van der Waals surface area contributed by atoms with Gasteiger partial charge in [-0.25, -0.2) is 9.97 Å². The zero-order valence-electron chi connectivity index (χ0n) is 11.8. The van der Waals surface area contributed by atoms with Crippen molar-refractivity contribution in [1.82, 2.24) is 14.5 Å². The van der Waals surface area contributed by atoms with Crippen LogP contribution in [-0.2, 0) is 16.5 Å². The quantitative estimate of drug-likeness (QED) is 0.835. The van der Waals surface area contributed by atoms with Crippen LogP contribution in [-0.4, -0.2) is 27.7 Å². The molecule has 2 aromatic heterocycles. The maximum absolute atomic E-state index is 5.94. The number of hydrogen-bond donors (Lipinski definition) is 1. The zero-order valence-corrected chi connectivity index (χ0v) is 11.8. The fraction of sp³-hybridized carbons (Fsp3) is 0.538. The number of aromatic nitrogens is 3. The van der Waals surface area contributed by atoms with Gasteiger partial charge in [-0.3, -0.25) is 0 Å². The highest BCUT2D eigenvalue weighted by molar-refractivity contribution is 5.90. The maximum atomic E-state index is 5.94. The Labute approximate surface area is 112 Å². The van der Waals surface area contributed by atoms with Crippen LogP contribution in [0.2, 0.25) is 0 Å². The zero-order chi connectivity index (χ0) is 14.0. The van der Waals surface area contributed by atoms with Gasteiger partial charge < -0.3 is 19.8 Å². The number of nitrogens with zero attached hydrogens (tertiary/aromatic N) is 3. The van der Waals surface area contributed by atoms with Crippen LogP contribution in [0.25, 0.3) is 11.0 Å². The van der Waals surface area contributed by atoms with Crippen molar-refractivity contribution in [1.29, 1.82) is 0 Å². The molecule has 2 heterocycles. The largest absolute Gasteiger partial charge is 0.383 e. The average molecular weight is 264 g/mol. The Hall–Kier alpha value is -1.66. The first-order valence-electron chi connectivity index (χ1n) is 6.40. The first kappa shape index (κ1) is 13.8. The van der Waals surface area contributed by atoms with Gasteiger partial charge in [-0.05, 0) is 26.3 Å². The number of ether oxygens (including phenoxy) is 2. The molecule has 0 spiro atoms. The molecule has 0 atom stereocenters. The minimum Gasteiger partial charge on any atom is -0.383 e. The number of fused-ring (bicyclic) bond motifs is 1. The number of aryl methyl sites for hydroxylation is 2. The summed E-state index contributed by atoms with van der Waals surface area (Å²) in [6.07, 6.45) is 1.06. The second-order valence-corrected chi connectivity index (χ2v) is 4.27. The highest BCUT2D eigenvalue weighted by atomic mass is 16.7. The molecule has 0 aliphatic rings. The summed E-state index contributed by atoms with van der Waals surface area (Å²) in [5.74, 6) is 0.482. The molecule has 0 amide bonds. The van der Waals surface area contributed by atoms with E-state index in [0.717, 1.165) is 22.3 Å². The molecule has 2 N–H and O–H groups in total. The van der Waals surface area contributed by atoms with Gasteiger partial charge in [-0.1, -0.05) is 0 Å². The Bertz CT molecular complexity index is 574. The molecule has 0 radical (unpaired) electrons. The normalized spacial score (nSPS) is 11.6. The molecule has 104 valence electrons. The first-order chi connectivity index (χ1) is 9.11. The first-order valence-corrected chi connectivity index (χ1v) is 6.40. The lowest BCUT2D eigenvalue weighted by Gasteiger charge is -2.18. The molecule has 0 aliphatic carbocycles. The van der Waals surface area contributed by atoms with Crippen LogP contribution in [0, 0.1) is 6.92 Å². The van der Waals surface area contributed by atoms with Crippen LogP contribution in [0.15, 0.2) is 6.33 Å². The maximum Gasteiger partial charge on any atom is 0.199 e. The van der Waals surface area contributed by atoms with Crippen LogP contribution in [0.1, 0.15) is 31.4 Å². The van der Waals surface area contributed by atoms with E-state index >= 15 is 0 Å². The lowest BCUT2D eigenvalue weighted by molar-refractivity contribution is -0.144. The Balaban J connectivity index is 2.62. The lowest BCUT2D eigenvalue weighted by Crippen LogP contribution is -2.13. The summed E-state index contributed by atoms with van der Waals surface area (Å²) in [6.45, 7) is 7.03. The number of nitrogens with two attached hydrogens (primary N) is 1. The van der Waals surface area contributed by atoms with E-state index in [-0.39, 0.29) is 0 Å². The van der Waals surface area contributed by atoms with Crippen LogP contribution in [0.4, 0.5) is 5.82 Å². The van der Waals surface area contributed by atoms with E-state index in [9.17, 15) is 0 Å². The summed E-state index contributed by atoms with van der Waals surface area (Å²) in [4.78, 5) is 8.33. The van der Waals surface area contributed by atoms with Gasteiger partial charge in [0.15, 0.2) is 6.29 Å². The molecule has 0 saturated heterocycles. The van der Waals surface area contributed by atoms with E-state index in [2.05, 4.69) is 9.97 Å². The second-order valence-electron chi connectivity index (χ2n) is 4.27. The van der Waals surface area contributed by atoms with Gasteiger partial charge in [0.05, 0.1) is 11.1 Å². The summed E-state index contributed by atoms with van der Waals surface area (Å²) in [5, 5.41) is 0.865. The Morgan fingerprint density at radius 1 is 1.26 bits per heavy atom. The number of anilines is 1. The highest BCUT2D eigenvalue weighted by Gasteiger charge is 2.23. The van der Waals surface area contributed by atoms with E-state index < -0.39 is 6.29 Å². The average Bonchev–Trinajstić information content (AvgIpc) is 2.63. The number of rotatable bonds is 5. The SMILES string of the molecule is CCOC(OCC)c1c(C)c2c(N)ncnc2n1C. The van der Waals surface area contributed by atoms with Gasteiger partial charge >= 0.3 is 0 Å². The van der Waals surface area contributed by atoms with Crippen LogP contribution in [0.3, 0.4) is 0 Å². The minimum atomic E-state index is -0.409. The van der Waals surface area contributed by atoms with Crippen molar-refractivity contribution in [3.8, 4) is 0 Å². The molecule has 6 nitrogen and oxygen atoms in total. The molecule has 0 aromatic carbocycles. The van der Waals surface area contributed by atoms with Gasteiger partial charge in [0.25, 0.3) is 0 Å². The summed E-state index contributed by atoms with van der Waals surface area (Å²) in [6, 6.07) is 0. The van der Waals surface area contributed by atoms with E-state index in [1.807, 2.05) is 32.4 Å². The van der Waals surface area contributed by atoms with Crippen LogP contribution >= 0.6 is 0 Å². The van der Waals surface area contributed by atoms with Crippen molar-refractivity contribution in [2.75, 3.05) is 18.9 Å². The van der Waals surface area contributed by atoms with Gasteiger partial charge in [0.1, 0.15) is 17.8 Å². The molecular weight excluding hydrogens is 244 g/mol.